The molecule has 6 heteroatoms. The number of aryl methyl sites for hydroxylation is 1. The summed E-state index contributed by atoms with van der Waals surface area (Å²) in [4.78, 5) is 16.5. The zero-order valence-electron chi connectivity index (χ0n) is 11.2. The fraction of sp³-hybridized carbons (Fsp3) is 0.214. The highest BCUT2D eigenvalue weighted by molar-refractivity contribution is 6.10. The summed E-state index contributed by atoms with van der Waals surface area (Å²) in [5, 5.41) is 9.59. The summed E-state index contributed by atoms with van der Waals surface area (Å²) in [5.41, 5.74) is 3.46. The molecule has 1 aliphatic heterocycles. The Balaban J connectivity index is 2.04. The first-order chi connectivity index (χ1) is 9.69. The first kappa shape index (κ1) is 12.4. The van der Waals surface area contributed by atoms with Crippen molar-refractivity contribution in [2.24, 2.45) is 4.99 Å². The summed E-state index contributed by atoms with van der Waals surface area (Å²) >= 11 is 0. The van der Waals surface area contributed by atoms with Crippen LogP contribution in [0, 0.1) is 6.92 Å². The molecule has 0 atom stereocenters. The van der Waals surface area contributed by atoms with E-state index in [1.807, 2.05) is 31.2 Å². The summed E-state index contributed by atoms with van der Waals surface area (Å²) in [7, 11) is 1.62. The van der Waals surface area contributed by atoms with Gasteiger partial charge in [0.05, 0.1) is 25.1 Å². The SMILES string of the molecule is COc1ccc(C2=Nc3c(n[nH]c3C)C(=O)NC2)cc1. The third-order valence-electron chi connectivity index (χ3n) is 3.22. The Morgan fingerprint density at radius 1 is 1.25 bits per heavy atom. The number of carbonyl (C=O) groups is 1. The van der Waals surface area contributed by atoms with Crippen molar-refractivity contribution in [3.05, 3.63) is 41.2 Å². The molecule has 2 aromatic rings. The van der Waals surface area contributed by atoms with Crippen LogP contribution in [0.4, 0.5) is 5.69 Å². The van der Waals surface area contributed by atoms with Crippen molar-refractivity contribution < 1.29 is 9.53 Å². The van der Waals surface area contributed by atoms with Crippen molar-refractivity contribution in [3.8, 4) is 5.75 Å². The number of amides is 1. The van der Waals surface area contributed by atoms with Crippen LogP contribution in [0.3, 0.4) is 0 Å². The Morgan fingerprint density at radius 2 is 2.00 bits per heavy atom. The van der Waals surface area contributed by atoms with E-state index in [4.69, 9.17) is 4.74 Å². The molecule has 102 valence electrons. The predicted octanol–water partition coefficient (Wildman–Crippen LogP) is 1.59. The summed E-state index contributed by atoms with van der Waals surface area (Å²) < 4.78 is 5.14. The zero-order chi connectivity index (χ0) is 14.1. The van der Waals surface area contributed by atoms with Gasteiger partial charge in [-0.05, 0) is 36.8 Å². The molecule has 3 rings (SSSR count). The second-order valence-electron chi connectivity index (χ2n) is 4.52. The molecule has 1 aromatic heterocycles. The molecule has 1 aliphatic rings. The van der Waals surface area contributed by atoms with E-state index in [1.54, 1.807) is 7.11 Å². The van der Waals surface area contributed by atoms with E-state index in [1.165, 1.54) is 0 Å². The molecule has 0 aliphatic carbocycles. The van der Waals surface area contributed by atoms with Crippen molar-refractivity contribution in [2.75, 3.05) is 13.7 Å². The fourth-order valence-electron chi connectivity index (χ4n) is 2.09. The lowest BCUT2D eigenvalue weighted by Gasteiger charge is -2.06. The largest absolute Gasteiger partial charge is 0.497 e. The average molecular weight is 270 g/mol. The van der Waals surface area contributed by atoms with E-state index in [-0.39, 0.29) is 5.91 Å². The maximum absolute atomic E-state index is 11.9. The molecular weight excluding hydrogens is 256 g/mol. The van der Waals surface area contributed by atoms with Crippen molar-refractivity contribution in [1.82, 2.24) is 15.5 Å². The number of nitrogens with one attached hydrogen (secondary N) is 2. The van der Waals surface area contributed by atoms with Gasteiger partial charge in [0.15, 0.2) is 5.69 Å². The molecule has 2 heterocycles. The van der Waals surface area contributed by atoms with Crippen LogP contribution in [0.1, 0.15) is 21.7 Å². The van der Waals surface area contributed by atoms with Crippen molar-refractivity contribution >= 4 is 17.3 Å². The second-order valence-corrected chi connectivity index (χ2v) is 4.52. The Morgan fingerprint density at radius 3 is 2.70 bits per heavy atom. The van der Waals surface area contributed by atoms with E-state index in [2.05, 4.69) is 20.5 Å². The second kappa shape index (κ2) is 4.80. The van der Waals surface area contributed by atoms with E-state index < -0.39 is 0 Å². The number of nitrogens with zero attached hydrogens (tertiary/aromatic N) is 2. The number of hydrogen-bond donors (Lipinski definition) is 2. The van der Waals surface area contributed by atoms with Crippen LogP contribution in [0.5, 0.6) is 5.75 Å². The van der Waals surface area contributed by atoms with Gasteiger partial charge in [-0.1, -0.05) is 0 Å². The maximum Gasteiger partial charge on any atom is 0.274 e. The van der Waals surface area contributed by atoms with Crippen LogP contribution in [0.2, 0.25) is 0 Å². The first-order valence-electron chi connectivity index (χ1n) is 6.24. The minimum Gasteiger partial charge on any atom is -0.497 e. The third kappa shape index (κ3) is 2.05. The minimum atomic E-state index is -0.211. The number of rotatable bonds is 2. The van der Waals surface area contributed by atoms with Crippen LogP contribution in [-0.4, -0.2) is 35.5 Å². The fourth-order valence-corrected chi connectivity index (χ4v) is 2.09. The predicted molar refractivity (Wildman–Crippen MR) is 74.8 cm³/mol. The molecule has 6 nitrogen and oxygen atoms in total. The van der Waals surface area contributed by atoms with Gasteiger partial charge >= 0.3 is 0 Å². The number of aromatic nitrogens is 2. The monoisotopic (exact) mass is 270 g/mol. The normalized spacial score (nSPS) is 14.1. The van der Waals surface area contributed by atoms with Crippen molar-refractivity contribution in [1.29, 1.82) is 0 Å². The molecule has 1 aromatic carbocycles. The Labute approximate surface area is 115 Å². The number of aliphatic imine (C=N–C) groups is 1. The molecule has 0 unspecified atom stereocenters. The number of ether oxygens (including phenoxy) is 1. The summed E-state index contributed by atoms with van der Waals surface area (Å²) in [5.74, 6) is 0.573. The molecule has 0 fully saturated rings. The van der Waals surface area contributed by atoms with Crippen molar-refractivity contribution in [2.45, 2.75) is 6.92 Å². The molecule has 0 spiro atoms. The zero-order valence-corrected chi connectivity index (χ0v) is 11.2. The molecule has 20 heavy (non-hydrogen) atoms. The van der Waals surface area contributed by atoms with Crippen LogP contribution >= 0.6 is 0 Å². The summed E-state index contributed by atoms with van der Waals surface area (Å²) in [6.07, 6.45) is 0. The van der Waals surface area contributed by atoms with E-state index >= 15 is 0 Å². The number of fused-ring (bicyclic) bond motifs is 1. The van der Waals surface area contributed by atoms with Crippen LogP contribution < -0.4 is 10.1 Å². The van der Waals surface area contributed by atoms with Gasteiger partial charge in [0.25, 0.3) is 5.91 Å². The van der Waals surface area contributed by atoms with Gasteiger partial charge in [-0.3, -0.25) is 9.89 Å². The maximum atomic E-state index is 11.9. The van der Waals surface area contributed by atoms with Gasteiger partial charge in [0.1, 0.15) is 11.4 Å². The highest BCUT2D eigenvalue weighted by atomic mass is 16.5. The van der Waals surface area contributed by atoms with Gasteiger partial charge in [-0.15, -0.1) is 0 Å². The topological polar surface area (TPSA) is 79.4 Å². The molecular formula is C14H14N4O2. The lowest BCUT2D eigenvalue weighted by Crippen LogP contribution is -2.28. The Kier molecular flexibility index (Phi) is 2.98. The van der Waals surface area contributed by atoms with Crippen LogP contribution in [-0.2, 0) is 0 Å². The molecule has 2 N–H and O–H groups in total. The van der Waals surface area contributed by atoms with Crippen molar-refractivity contribution in [3.63, 3.8) is 0 Å². The molecule has 0 bridgehead atoms. The van der Waals surface area contributed by atoms with Gasteiger partial charge < -0.3 is 10.1 Å². The van der Waals surface area contributed by atoms with Crippen LogP contribution in [0.25, 0.3) is 0 Å². The average Bonchev–Trinajstić information content (AvgIpc) is 2.75. The third-order valence-corrected chi connectivity index (χ3v) is 3.22. The van der Waals surface area contributed by atoms with Gasteiger partial charge in [0, 0.05) is 0 Å². The number of benzene rings is 1. The van der Waals surface area contributed by atoms with E-state index in [0.717, 1.165) is 22.7 Å². The lowest BCUT2D eigenvalue weighted by molar-refractivity contribution is 0.0956. The first-order valence-corrected chi connectivity index (χ1v) is 6.24. The smallest absolute Gasteiger partial charge is 0.274 e. The highest BCUT2D eigenvalue weighted by Crippen LogP contribution is 2.24. The summed E-state index contributed by atoms with van der Waals surface area (Å²) in [6, 6.07) is 7.58. The number of hydrogen-bond acceptors (Lipinski definition) is 4. The molecule has 0 saturated carbocycles. The Hall–Kier alpha value is -2.63. The highest BCUT2D eigenvalue weighted by Gasteiger charge is 2.22. The van der Waals surface area contributed by atoms with Crippen LogP contribution in [0.15, 0.2) is 29.3 Å². The molecule has 0 saturated heterocycles. The molecule has 1 amide bonds. The number of H-pyrrole nitrogens is 1. The molecule has 0 radical (unpaired) electrons. The number of aromatic amines is 1. The standard InChI is InChI=1S/C14H14N4O2/c1-8-12-13(18-17-8)14(19)15-7-11(16-12)9-3-5-10(20-2)6-4-9/h3-6H,7H2,1-2H3,(H,15,19)(H,17,18). The number of methoxy groups -OCH3 is 1. The number of carbonyl (C=O) groups excluding carboxylic acids is 1. The summed E-state index contributed by atoms with van der Waals surface area (Å²) in [6.45, 7) is 2.22. The van der Waals surface area contributed by atoms with E-state index in [9.17, 15) is 4.79 Å². The van der Waals surface area contributed by atoms with Gasteiger partial charge in [0.2, 0.25) is 0 Å². The minimum absolute atomic E-state index is 0.211. The lowest BCUT2D eigenvalue weighted by atomic mass is 10.1. The van der Waals surface area contributed by atoms with E-state index in [0.29, 0.717) is 17.9 Å². The Bertz CT molecular complexity index is 686. The van der Waals surface area contributed by atoms with Gasteiger partial charge in [-0.25, -0.2) is 4.99 Å². The van der Waals surface area contributed by atoms with Gasteiger partial charge in [-0.2, -0.15) is 5.10 Å². The quantitative estimate of drug-likeness (QED) is 0.869.